The van der Waals surface area contributed by atoms with Crippen LogP contribution in [-0.2, 0) is 11.2 Å². The first-order chi connectivity index (χ1) is 11.2. The molecule has 122 valence electrons. The number of carbonyl (C=O) groups is 2. The maximum absolute atomic E-state index is 12.1. The lowest BCUT2D eigenvalue weighted by molar-refractivity contribution is -0.120. The van der Waals surface area contributed by atoms with Crippen LogP contribution >= 0.6 is 0 Å². The topological polar surface area (TPSA) is 80.6 Å². The van der Waals surface area contributed by atoms with Crippen molar-refractivity contribution in [2.45, 2.75) is 13.3 Å². The van der Waals surface area contributed by atoms with Gasteiger partial charge in [0.25, 0.3) is 5.91 Å². The summed E-state index contributed by atoms with van der Waals surface area (Å²) in [7, 11) is 0. The molecule has 0 unspecified atom stereocenters. The summed E-state index contributed by atoms with van der Waals surface area (Å²) >= 11 is 0. The first kappa shape index (κ1) is 16.6. The lowest BCUT2D eigenvalue weighted by Crippen LogP contribution is -2.37. The van der Waals surface area contributed by atoms with E-state index in [0.29, 0.717) is 30.9 Å². The Morgan fingerprint density at radius 2 is 1.96 bits per heavy atom. The summed E-state index contributed by atoms with van der Waals surface area (Å²) in [6, 6.07) is 10.6. The van der Waals surface area contributed by atoms with Gasteiger partial charge in [0.05, 0.1) is 25.0 Å². The molecular formula is C17H20N2O4. The predicted octanol–water partition coefficient (Wildman–Crippen LogP) is 1.77. The van der Waals surface area contributed by atoms with E-state index in [1.807, 2.05) is 13.0 Å². The molecule has 1 heterocycles. The second-order valence-corrected chi connectivity index (χ2v) is 4.79. The van der Waals surface area contributed by atoms with Gasteiger partial charge >= 0.3 is 0 Å². The van der Waals surface area contributed by atoms with Gasteiger partial charge in [0.2, 0.25) is 5.91 Å². The van der Waals surface area contributed by atoms with Crippen LogP contribution in [0.4, 0.5) is 0 Å². The van der Waals surface area contributed by atoms with Crippen molar-refractivity contribution in [2.24, 2.45) is 0 Å². The van der Waals surface area contributed by atoms with Crippen molar-refractivity contribution in [3.8, 4) is 5.75 Å². The van der Waals surface area contributed by atoms with Gasteiger partial charge < -0.3 is 19.8 Å². The molecule has 0 spiro atoms. The van der Waals surface area contributed by atoms with E-state index in [1.165, 1.54) is 0 Å². The lowest BCUT2D eigenvalue weighted by Gasteiger charge is -2.10. The van der Waals surface area contributed by atoms with Crippen molar-refractivity contribution >= 4 is 11.8 Å². The Morgan fingerprint density at radius 3 is 2.70 bits per heavy atom. The molecule has 0 atom stereocenters. The van der Waals surface area contributed by atoms with Crippen LogP contribution in [0.5, 0.6) is 5.75 Å². The highest BCUT2D eigenvalue weighted by atomic mass is 16.5. The maximum Gasteiger partial charge on any atom is 0.255 e. The number of hydrogen-bond acceptors (Lipinski definition) is 4. The second-order valence-electron chi connectivity index (χ2n) is 4.79. The average molecular weight is 316 g/mol. The number of furan rings is 1. The van der Waals surface area contributed by atoms with E-state index in [-0.39, 0.29) is 18.4 Å². The van der Waals surface area contributed by atoms with E-state index in [4.69, 9.17) is 9.15 Å². The number of para-hydroxylation sites is 1. The van der Waals surface area contributed by atoms with Crippen molar-refractivity contribution in [2.75, 3.05) is 19.7 Å². The number of benzene rings is 1. The highest BCUT2D eigenvalue weighted by Gasteiger charge is 2.12. The number of carbonyl (C=O) groups excluding carboxylic acids is 2. The molecule has 0 saturated heterocycles. The van der Waals surface area contributed by atoms with Crippen LogP contribution in [0.2, 0.25) is 0 Å². The molecule has 2 rings (SSSR count). The summed E-state index contributed by atoms with van der Waals surface area (Å²) in [5, 5.41) is 5.31. The van der Waals surface area contributed by atoms with Crippen LogP contribution in [0.15, 0.2) is 47.1 Å². The monoisotopic (exact) mass is 316 g/mol. The summed E-state index contributed by atoms with van der Waals surface area (Å²) in [5.74, 6) is 0.722. The molecule has 0 fully saturated rings. The van der Waals surface area contributed by atoms with Crippen molar-refractivity contribution in [1.29, 1.82) is 0 Å². The molecule has 6 nitrogen and oxygen atoms in total. The Kier molecular flexibility index (Phi) is 6.23. The van der Waals surface area contributed by atoms with Gasteiger partial charge in [-0.15, -0.1) is 0 Å². The zero-order valence-corrected chi connectivity index (χ0v) is 13.0. The number of ether oxygens (including phenoxy) is 1. The van der Waals surface area contributed by atoms with Crippen LogP contribution in [-0.4, -0.2) is 31.5 Å². The van der Waals surface area contributed by atoms with Crippen LogP contribution in [0, 0.1) is 0 Å². The van der Waals surface area contributed by atoms with Gasteiger partial charge in [-0.2, -0.15) is 0 Å². The minimum atomic E-state index is -0.338. The second kappa shape index (κ2) is 8.63. The zero-order valence-electron chi connectivity index (χ0n) is 13.0. The standard InChI is InChI=1S/C17H20N2O4/c1-2-22-15-8-4-3-7-14(15)17(21)19-12-16(20)18-10-9-13-6-5-11-23-13/h3-8,11H,2,9-10,12H2,1H3,(H,18,20)(H,19,21). The van der Waals surface area contributed by atoms with Gasteiger partial charge in [-0.1, -0.05) is 12.1 Å². The summed E-state index contributed by atoms with van der Waals surface area (Å²) in [4.78, 5) is 23.8. The first-order valence-electron chi connectivity index (χ1n) is 7.49. The molecule has 1 aromatic carbocycles. The van der Waals surface area contributed by atoms with E-state index < -0.39 is 0 Å². The Hall–Kier alpha value is -2.76. The third kappa shape index (κ3) is 5.18. The van der Waals surface area contributed by atoms with Crippen molar-refractivity contribution < 1.29 is 18.7 Å². The quantitative estimate of drug-likeness (QED) is 0.778. The van der Waals surface area contributed by atoms with Gasteiger partial charge in [0.15, 0.2) is 0 Å². The molecule has 1 aromatic heterocycles. The fourth-order valence-corrected chi connectivity index (χ4v) is 2.03. The minimum absolute atomic E-state index is 0.0859. The van der Waals surface area contributed by atoms with Crippen molar-refractivity contribution in [1.82, 2.24) is 10.6 Å². The summed E-state index contributed by atoms with van der Waals surface area (Å²) < 4.78 is 10.6. The van der Waals surface area contributed by atoms with E-state index in [9.17, 15) is 9.59 Å². The molecule has 23 heavy (non-hydrogen) atoms. The van der Waals surface area contributed by atoms with E-state index in [1.54, 1.807) is 36.6 Å². The third-order valence-corrected chi connectivity index (χ3v) is 3.11. The summed E-state index contributed by atoms with van der Waals surface area (Å²) in [5.41, 5.74) is 0.415. The van der Waals surface area contributed by atoms with Crippen molar-refractivity contribution in [3.05, 3.63) is 54.0 Å². The highest BCUT2D eigenvalue weighted by Crippen LogP contribution is 2.17. The van der Waals surface area contributed by atoms with Gasteiger partial charge in [0.1, 0.15) is 11.5 Å². The number of hydrogen-bond donors (Lipinski definition) is 2. The van der Waals surface area contributed by atoms with Crippen LogP contribution in [0.1, 0.15) is 23.0 Å². The highest BCUT2D eigenvalue weighted by molar-refractivity contribution is 5.98. The van der Waals surface area contributed by atoms with Gasteiger partial charge in [-0.3, -0.25) is 9.59 Å². The van der Waals surface area contributed by atoms with Crippen molar-refractivity contribution in [3.63, 3.8) is 0 Å². The molecule has 0 radical (unpaired) electrons. The van der Waals surface area contributed by atoms with Crippen LogP contribution < -0.4 is 15.4 Å². The molecule has 2 N–H and O–H groups in total. The first-order valence-corrected chi connectivity index (χ1v) is 7.49. The van der Waals surface area contributed by atoms with Gasteiger partial charge in [-0.25, -0.2) is 0 Å². The third-order valence-electron chi connectivity index (χ3n) is 3.11. The van der Waals surface area contributed by atoms with Gasteiger partial charge in [-0.05, 0) is 31.2 Å². The maximum atomic E-state index is 12.1. The van der Waals surface area contributed by atoms with E-state index in [0.717, 1.165) is 5.76 Å². The smallest absolute Gasteiger partial charge is 0.255 e. The Labute approximate surface area is 134 Å². The molecule has 0 aliphatic rings. The van der Waals surface area contributed by atoms with Crippen LogP contribution in [0.3, 0.4) is 0 Å². The zero-order chi connectivity index (χ0) is 16.5. The molecular weight excluding hydrogens is 296 g/mol. The number of nitrogens with one attached hydrogen (secondary N) is 2. The average Bonchev–Trinajstić information content (AvgIpc) is 3.07. The Morgan fingerprint density at radius 1 is 1.13 bits per heavy atom. The molecule has 0 saturated carbocycles. The van der Waals surface area contributed by atoms with Gasteiger partial charge in [0, 0.05) is 13.0 Å². The molecule has 2 amide bonds. The normalized spacial score (nSPS) is 10.1. The lowest BCUT2D eigenvalue weighted by atomic mass is 10.2. The molecule has 0 aliphatic heterocycles. The summed E-state index contributed by atoms with van der Waals surface area (Å²) in [6.07, 6.45) is 2.20. The van der Waals surface area contributed by atoms with E-state index >= 15 is 0 Å². The SMILES string of the molecule is CCOc1ccccc1C(=O)NCC(=O)NCCc1ccco1. The predicted molar refractivity (Wildman–Crippen MR) is 85.4 cm³/mol. The fraction of sp³-hybridized carbons (Fsp3) is 0.294. The number of amides is 2. The minimum Gasteiger partial charge on any atom is -0.493 e. The summed E-state index contributed by atoms with van der Waals surface area (Å²) in [6.45, 7) is 2.69. The molecule has 6 heteroatoms. The van der Waals surface area contributed by atoms with E-state index in [2.05, 4.69) is 10.6 Å². The Bertz CT molecular complexity index is 638. The molecule has 2 aromatic rings. The molecule has 0 aliphatic carbocycles. The Balaban J connectivity index is 1.76. The number of rotatable bonds is 8. The largest absolute Gasteiger partial charge is 0.493 e. The molecule has 0 bridgehead atoms. The van der Waals surface area contributed by atoms with Crippen LogP contribution in [0.25, 0.3) is 0 Å². The fourth-order valence-electron chi connectivity index (χ4n) is 2.03.